The molecule has 34 heavy (non-hydrogen) atoms. The van der Waals surface area contributed by atoms with E-state index in [4.69, 9.17) is 0 Å². The zero-order chi connectivity index (χ0) is 24.0. The van der Waals surface area contributed by atoms with E-state index in [0.29, 0.717) is 12.2 Å². The van der Waals surface area contributed by atoms with Crippen molar-refractivity contribution in [3.63, 3.8) is 0 Å². The predicted molar refractivity (Wildman–Crippen MR) is 125 cm³/mol. The van der Waals surface area contributed by atoms with Gasteiger partial charge in [0.1, 0.15) is 5.82 Å². The molecule has 0 saturated carbocycles. The molecule has 0 aliphatic rings. The van der Waals surface area contributed by atoms with E-state index >= 15 is 0 Å². The molecule has 0 radical (unpaired) electrons. The number of aryl methyl sites for hydroxylation is 1. The zero-order valence-corrected chi connectivity index (χ0v) is 18.7. The summed E-state index contributed by atoms with van der Waals surface area (Å²) in [6, 6.07) is 14.7. The summed E-state index contributed by atoms with van der Waals surface area (Å²) in [5.41, 5.74) is 2.34. The Morgan fingerprint density at radius 2 is 1.82 bits per heavy atom. The summed E-state index contributed by atoms with van der Waals surface area (Å²) in [5.74, 6) is 1.56. The summed E-state index contributed by atoms with van der Waals surface area (Å²) >= 11 is 0. The smallest absolute Gasteiger partial charge is 0.323 e. The maximum Gasteiger partial charge on any atom is 0.416 e. The van der Waals surface area contributed by atoms with Crippen molar-refractivity contribution in [2.75, 3.05) is 5.32 Å². The standard InChI is InChI=1S/C25H25F3N6/c1-2-3-4-11-22-29-13-12-21(30-22)15-17-7-5-8-18(14-17)23-32-24(34-33-23)31-20-10-6-9-19(16-20)25(26,27)28/h5-10,12-14,16H,2-4,11,15H2,1H3,(H2,31,32,33,34). The number of hydrogen-bond donors (Lipinski definition) is 2. The highest BCUT2D eigenvalue weighted by atomic mass is 19.4. The van der Waals surface area contributed by atoms with Crippen LogP contribution < -0.4 is 5.32 Å². The molecule has 4 aromatic rings. The minimum Gasteiger partial charge on any atom is -0.323 e. The Morgan fingerprint density at radius 1 is 0.971 bits per heavy atom. The molecule has 0 aliphatic heterocycles. The van der Waals surface area contributed by atoms with Gasteiger partial charge in [-0.2, -0.15) is 18.2 Å². The molecule has 9 heteroatoms. The van der Waals surface area contributed by atoms with E-state index in [9.17, 15) is 13.2 Å². The molecule has 176 valence electrons. The number of nitrogens with one attached hydrogen (secondary N) is 2. The topological polar surface area (TPSA) is 79.4 Å². The molecule has 2 aromatic carbocycles. The van der Waals surface area contributed by atoms with Gasteiger partial charge in [-0.3, -0.25) is 5.10 Å². The second-order valence-corrected chi connectivity index (χ2v) is 8.01. The first-order valence-corrected chi connectivity index (χ1v) is 11.2. The van der Waals surface area contributed by atoms with E-state index in [1.54, 1.807) is 6.20 Å². The van der Waals surface area contributed by atoms with Gasteiger partial charge in [0.2, 0.25) is 5.95 Å². The Bertz CT molecular complexity index is 1240. The molecule has 2 heterocycles. The van der Waals surface area contributed by atoms with Crippen LogP contribution in [0.15, 0.2) is 60.8 Å². The summed E-state index contributed by atoms with van der Waals surface area (Å²) in [6.45, 7) is 2.17. The lowest BCUT2D eigenvalue weighted by molar-refractivity contribution is -0.137. The van der Waals surface area contributed by atoms with Gasteiger partial charge in [-0.1, -0.05) is 44.0 Å². The van der Waals surface area contributed by atoms with Crippen LogP contribution in [0.3, 0.4) is 0 Å². The van der Waals surface area contributed by atoms with E-state index in [1.807, 2.05) is 30.3 Å². The van der Waals surface area contributed by atoms with E-state index in [0.717, 1.165) is 60.5 Å². The van der Waals surface area contributed by atoms with Gasteiger partial charge in [-0.15, -0.1) is 5.10 Å². The summed E-state index contributed by atoms with van der Waals surface area (Å²) < 4.78 is 38.8. The molecule has 4 rings (SSSR count). The maximum atomic E-state index is 12.9. The van der Waals surface area contributed by atoms with Crippen LogP contribution in [0, 0.1) is 0 Å². The van der Waals surface area contributed by atoms with Gasteiger partial charge in [0.15, 0.2) is 5.82 Å². The zero-order valence-electron chi connectivity index (χ0n) is 18.7. The van der Waals surface area contributed by atoms with Crippen molar-refractivity contribution >= 4 is 11.6 Å². The summed E-state index contributed by atoms with van der Waals surface area (Å²) in [5, 5.41) is 9.75. The lowest BCUT2D eigenvalue weighted by Crippen LogP contribution is -2.05. The first kappa shape index (κ1) is 23.4. The molecule has 0 aliphatic carbocycles. The number of rotatable bonds is 9. The van der Waals surface area contributed by atoms with E-state index in [1.165, 1.54) is 12.1 Å². The third kappa shape index (κ3) is 6.18. The van der Waals surface area contributed by atoms with Crippen LogP contribution >= 0.6 is 0 Å². The number of anilines is 2. The molecular weight excluding hydrogens is 441 g/mol. The number of alkyl halides is 3. The first-order valence-electron chi connectivity index (χ1n) is 11.2. The van der Waals surface area contributed by atoms with Gasteiger partial charge < -0.3 is 5.32 Å². The quantitative estimate of drug-likeness (QED) is 0.281. The van der Waals surface area contributed by atoms with Crippen molar-refractivity contribution in [2.45, 2.75) is 45.2 Å². The van der Waals surface area contributed by atoms with Crippen LogP contribution in [-0.4, -0.2) is 25.1 Å². The minimum absolute atomic E-state index is 0.187. The number of hydrogen-bond acceptors (Lipinski definition) is 5. The van der Waals surface area contributed by atoms with Crippen LogP contribution in [0.2, 0.25) is 0 Å². The van der Waals surface area contributed by atoms with Crippen LogP contribution in [-0.2, 0) is 19.0 Å². The van der Waals surface area contributed by atoms with Crippen LogP contribution in [0.25, 0.3) is 11.4 Å². The summed E-state index contributed by atoms with van der Waals surface area (Å²) in [7, 11) is 0. The molecule has 0 spiro atoms. The third-order valence-electron chi connectivity index (χ3n) is 5.28. The molecule has 2 aromatic heterocycles. The highest BCUT2D eigenvalue weighted by Gasteiger charge is 2.30. The predicted octanol–water partition coefficient (Wildman–Crippen LogP) is 6.35. The number of H-pyrrole nitrogens is 1. The van der Waals surface area contributed by atoms with E-state index < -0.39 is 11.7 Å². The van der Waals surface area contributed by atoms with Gasteiger partial charge in [-0.05, 0) is 42.3 Å². The number of unbranched alkanes of at least 4 members (excludes halogenated alkanes) is 2. The normalized spacial score (nSPS) is 11.5. The van der Waals surface area contributed by atoms with Gasteiger partial charge in [0.05, 0.1) is 5.56 Å². The fourth-order valence-electron chi connectivity index (χ4n) is 3.58. The second-order valence-electron chi connectivity index (χ2n) is 8.01. The lowest BCUT2D eigenvalue weighted by Gasteiger charge is -2.08. The Morgan fingerprint density at radius 3 is 2.65 bits per heavy atom. The molecule has 6 nitrogen and oxygen atoms in total. The molecule has 2 N–H and O–H groups in total. The average molecular weight is 467 g/mol. The Balaban J connectivity index is 1.45. The van der Waals surface area contributed by atoms with Gasteiger partial charge in [0.25, 0.3) is 0 Å². The Labute approximate surface area is 195 Å². The fraction of sp³-hybridized carbons (Fsp3) is 0.280. The monoisotopic (exact) mass is 466 g/mol. The minimum atomic E-state index is -4.41. The molecule has 0 unspecified atom stereocenters. The molecule has 0 atom stereocenters. The average Bonchev–Trinajstić information content (AvgIpc) is 3.28. The third-order valence-corrected chi connectivity index (χ3v) is 5.28. The van der Waals surface area contributed by atoms with Crippen molar-refractivity contribution in [1.82, 2.24) is 25.1 Å². The van der Waals surface area contributed by atoms with E-state index in [-0.39, 0.29) is 11.6 Å². The largest absolute Gasteiger partial charge is 0.416 e. The van der Waals surface area contributed by atoms with Crippen molar-refractivity contribution < 1.29 is 13.2 Å². The Hall–Kier alpha value is -3.75. The summed E-state index contributed by atoms with van der Waals surface area (Å²) in [6.07, 6.45) is 2.32. The van der Waals surface area contributed by atoms with Gasteiger partial charge in [-0.25, -0.2) is 9.97 Å². The van der Waals surface area contributed by atoms with Crippen molar-refractivity contribution in [3.05, 3.63) is 83.4 Å². The number of benzene rings is 2. The highest BCUT2D eigenvalue weighted by molar-refractivity contribution is 5.60. The number of halogens is 3. The number of nitrogens with zero attached hydrogens (tertiary/aromatic N) is 4. The number of aromatic amines is 1. The van der Waals surface area contributed by atoms with Crippen LogP contribution in [0.1, 0.15) is 48.8 Å². The van der Waals surface area contributed by atoms with Gasteiger partial charge >= 0.3 is 6.18 Å². The first-order chi connectivity index (χ1) is 16.4. The lowest BCUT2D eigenvalue weighted by atomic mass is 10.1. The van der Waals surface area contributed by atoms with Crippen molar-refractivity contribution in [2.24, 2.45) is 0 Å². The Kier molecular flexibility index (Phi) is 7.20. The molecular formula is C25H25F3N6. The second kappa shape index (κ2) is 10.5. The van der Waals surface area contributed by atoms with Crippen molar-refractivity contribution in [1.29, 1.82) is 0 Å². The summed E-state index contributed by atoms with van der Waals surface area (Å²) in [4.78, 5) is 13.4. The molecule has 0 bridgehead atoms. The van der Waals surface area contributed by atoms with E-state index in [2.05, 4.69) is 37.4 Å². The molecule has 0 fully saturated rings. The highest BCUT2D eigenvalue weighted by Crippen LogP contribution is 2.31. The fourth-order valence-corrected chi connectivity index (χ4v) is 3.58. The van der Waals surface area contributed by atoms with Crippen molar-refractivity contribution in [3.8, 4) is 11.4 Å². The maximum absolute atomic E-state index is 12.9. The molecule has 0 amide bonds. The molecule has 0 saturated heterocycles. The van der Waals surface area contributed by atoms with Crippen LogP contribution in [0.5, 0.6) is 0 Å². The SMILES string of the molecule is CCCCCc1nccc(Cc2cccc(-c3nc(Nc4cccc(C(F)(F)F)c4)n[nH]3)c2)n1. The van der Waals surface area contributed by atoms with Crippen LogP contribution in [0.4, 0.5) is 24.8 Å². The number of aromatic nitrogens is 5. The van der Waals surface area contributed by atoms with Gasteiger partial charge in [0, 0.05) is 36.0 Å².